The molecular weight excluding hydrogens is 250 g/mol. The Balaban J connectivity index is 3.00. The van der Waals surface area contributed by atoms with E-state index in [1.54, 1.807) is 26.2 Å². The van der Waals surface area contributed by atoms with Crippen LogP contribution in [0.4, 0.5) is 5.69 Å². The molecule has 0 aliphatic carbocycles. The molecule has 0 amide bonds. The van der Waals surface area contributed by atoms with E-state index in [1.165, 1.54) is 14.2 Å². The minimum atomic E-state index is -0.862. The van der Waals surface area contributed by atoms with Crippen LogP contribution in [-0.4, -0.2) is 38.9 Å². The highest BCUT2D eigenvalue weighted by molar-refractivity contribution is 5.72. The van der Waals surface area contributed by atoms with Crippen molar-refractivity contribution in [3.05, 3.63) is 12.1 Å². The number of rotatable bonds is 7. The van der Waals surface area contributed by atoms with Crippen molar-refractivity contribution in [3.63, 3.8) is 0 Å². The fourth-order valence-electron chi connectivity index (χ4n) is 1.52. The molecule has 0 saturated heterocycles. The average molecular weight is 269 g/mol. The zero-order chi connectivity index (χ0) is 14.4. The van der Waals surface area contributed by atoms with Crippen LogP contribution in [-0.2, 0) is 4.79 Å². The molecule has 106 valence electrons. The van der Waals surface area contributed by atoms with Crippen LogP contribution in [0.25, 0.3) is 0 Å². The first-order chi connectivity index (χ1) is 9.03. The predicted molar refractivity (Wildman–Crippen MR) is 71.4 cm³/mol. The lowest BCUT2D eigenvalue weighted by molar-refractivity contribution is -0.140. The minimum Gasteiger partial charge on any atom is -0.496 e. The quantitative estimate of drug-likeness (QED) is 0.786. The fourth-order valence-corrected chi connectivity index (χ4v) is 1.52. The molecule has 1 aromatic rings. The first kappa shape index (κ1) is 14.9. The molecule has 6 heteroatoms. The normalized spacial score (nSPS) is 11.6. The van der Waals surface area contributed by atoms with Crippen LogP contribution in [0.3, 0.4) is 0 Å². The van der Waals surface area contributed by atoms with Gasteiger partial charge in [0.2, 0.25) is 0 Å². The van der Waals surface area contributed by atoms with Crippen LogP contribution in [0.5, 0.6) is 17.2 Å². The molecule has 0 aliphatic heterocycles. The van der Waals surface area contributed by atoms with Crippen molar-refractivity contribution >= 4 is 11.7 Å². The van der Waals surface area contributed by atoms with Gasteiger partial charge in [0.1, 0.15) is 22.9 Å². The maximum absolute atomic E-state index is 10.8. The molecule has 0 spiro atoms. The number of hydrogen-bond acceptors (Lipinski definition) is 5. The lowest BCUT2D eigenvalue weighted by Gasteiger charge is -2.17. The van der Waals surface area contributed by atoms with E-state index in [9.17, 15) is 4.79 Å². The van der Waals surface area contributed by atoms with Crippen molar-refractivity contribution < 1.29 is 24.1 Å². The van der Waals surface area contributed by atoms with E-state index in [0.717, 1.165) is 0 Å². The highest BCUT2D eigenvalue weighted by atomic mass is 16.5. The standard InChI is InChI=1S/C13H19NO5/c1-8(13(15)16)7-14-12-10(18-3)5-9(17-2)6-11(12)19-4/h5-6,8,14H,7H2,1-4H3,(H,15,16). The maximum atomic E-state index is 10.8. The van der Waals surface area contributed by atoms with Crippen LogP contribution in [0.1, 0.15) is 6.92 Å². The molecule has 0 heterocycles. The number of carboxylic acid groups (broad SMARTS) is 1. The lowest BCUT2D eigenvalue weighted by Crippen LogP contribution is -2.20. The van der Waals surface area contributed by atoms with Gasteiger partial charge in [0, 0.05) is 18.7 Å². The number of ether oxygens (including phenoxy) is 3. The van der Waals surface area contributed by atoms with Gasteiger partial charge in [-0.2, -0.15) is 0 Å². The van der Waals surface area contributed by atoms with E-state index in [4.69, 9.17) is 19.3 Å². The second-order valence-electron chi connectivity index (χ2n) is 4.03. The van der Waals surface area contributed by atoms with Crippen molar-refractivity contribution in [1.29, 1.82) is 0 Å². The highest BCUT2D eigenvalue weighted by Crippen LogP contribution is 2.38. The van der Waals surface area contributed by atoms with Gasteiger partial charge in [0.15, 0.2) is 0 Å². The van der Waals surface area contributed by atoms with Gasteiger partial charge < -0.3 is 24.6 Å². The maximum Gasteiger partial charge on any atom is 0.308 e. The summed E-state index contributed by atoms with van der Waals surface area (Å²) in [6, 6.07) is 3.41. The summed E-state index contributed by atoms with van der Waals surface area (Å²) in [6.07, 6.45) is 0. The molecule has 2 N–H and O–H groups in total. The number of hydrogen-bond donors (Lipinski definition) is 2. The van der Waals surface area contributed by atoms with Crippen LogP contribution in [0.2, 0.25) is 0 Å². The summed E-state index contributed by atoms with van der Waals surface area (Å²) in [5, 5.41) is 11.9. The third kappa shape index (κ3) is 3.67. The smallest absolute Gasteiger partial charge is 0.308 e. The molecule has 6 nitrogen and oxygen atoms in total. The number of methoxy groups -OCH3 is 3. The number of benzene rings is 1. The predicted octanol–water partition coefficient (Wildman–Crippen LogP) is 1.84. The van der Waals surface area contributed by atoms with Crippen molar-refractivity contribution in [1.82, 2.24) is 0 Å². The fraction of sp³-hybridized carbons (Fsp3) is 0.462. The van der Waals surface area contributed by atoms with Crippen LogP contribution in [0, 0.1) is 5.92 Å². The van der Waals surface area contributed by atoms with Crippen molar-refractivity contribution in [3.8, 4) is 17.2 Å². The Morgan fingerprint density at radius 3 is 2.11 bits per heavy atom. The Kier molecular flexibility index (Phi) is 5.29. The van der Waals surface area contributed by atoms with Gasteiger partial charge in [-0.15, -0.1) is 0 Å². The number of carbonyl (C=O) groups is 1. The zero-order valence-corrected chi connectivity index (χ0v) is 11.5. The second-order valence-corrected chi connectivity index (χ2v) is 4.03. The lowest BCUT2D eigenvalue weighted by atomic mass is 10.1. The molecule has 1 aromatic carbocycles. The Morgan fingerprint density at radius 1 is 1.21 bits per heavy atom. The monoisotopic (exact) mass is 269 g/mol. The first-order valence-electron chi connectivity index (χ1n) is 5.80. The first-order valence-corrected chi connectivity index (χ1v) is 5.80. The van der Waals surface area contributed by atoms with Gasteiger partial charge >= 0.3 is 5.97 Å². The molecule has 1 atom stereocenters. The molecule has 0 saturated carbocycles. The molecule has 0 bridgehead atoms. The van der Waals surface area contributed by atoms with Crippen LogP contribution in [0.15, 0.2) is 12.1 Å². The second kappa shape index (κ2) is 6.72. The van der Waals surface area contributed by atoms with E-state index in [2.05, 4.69) is 5.32 Å². The molecule has 1 rings (SSSR count). The van der Waals surface area contributed by atoms with E-state index in [1.807, 2.05) is 0 Å². The molecule has 0 radical (unpaired) electrons. The minimum absolute atomic E-state index is 0.272. The van der Waals surface area contributed by atoms with Crippen molar-refractivity contribution in [2.75, 3.05) is 33.2 Å². The van der Waals surface area contributed by atoms with Crippen LogP contribution >= 0.6 is 0 Å². The molecule has 1 unspecified atom stereocenters. The van der Waals surface area contributed by atoms with Gasteiger partial charge in [0.05, 0.1) is 27.2 Å². The third-order valence-electron chi connectivity index (χ3n) is 2.72. The summed E-state index contributed by atoms with van der Waals surface area (Å²) in [5.74, 6) is 0.295. The SMILES string of the molecule is COc1cc(OC)c(NCC(C)C(=O)O)c(OC)c1. The summed E-state index contributed by atoms with van der Waals surface area (Å²) in [7, 11) is 4.61. The largest absolute Gasteiger partial charge is 0.496 e. The zero-order valence-electron chi connectivity index (χ0n) is 11.5. The van der Waals surface area contributed by atoms with Crippen LogP contribution < -0.4 is 19.5 Å². The molecule has 0 aliphatic rings. The summed E-state index contributed by atoms with van der Waals surface area (Å²) in [6.45, 7) is 1.90. The van der Waals surface area contributed by atoms with E-state index in [-0.39, 0.29) is 6.54 Å². The summed E-state index contributed by atoms with van der Waals surface area (Å²) in [4.78, 5) is 10.8. The van der Waals surface area contributed by atoms with E-state index >= 15 is 0 Å². The van der Waals surface area contributed by atoms with Gasteiger partial charge in [-0.3, -0.25) is 4.79 Å². The van der Waals surface area contributed by atoms with Crippen molar-refractivity contribution in [2.24, 2.45) is 5.92 Å². The Morgan fingerprint density at radius 2 is 1.74 bits per heavy atom. The molecule has 0 aromatic heterocycles. The summed E-state index contributed by atoms with van der Waals surface area (Å²) >= 11 is 0. The van der Waals surface area contributed by atoms with Gasteiger partial charge in [-0.1, -0.05) is 6.92 Å². The van der Waals surface area contributed by atoms with Crippen molar-refractivity contribution in [2.45, 2.75) is 6.92 Å². The van der Waals surface area contributed by atoms with E-state index < -0.39 is 11.9 Å². The Hall–Kier alpha value is -2.11. The molecule has 19 heavy (non-hydrogen) atoms. The number of aliphatic carboxylic acids is 1. The highest BCUT2D eigenvalue weighted by Gasteiger charge is 2.16. The topological polar surface area (TPSA) is 77.0 Å². The number of nitrogens with one attached hydrogen (secondary N) is 1. The third-order valence-corrected chi connectivity index (χ3v) is 2.72. The van der Waals surface area contributed by atoms with Gasteiger partial charge in [-0.05, 0) is 0 Å². The average Bonchev–Trinajstić information content (AvgIpc) is 2.43. The Labute approximate surface area is 112 Å². The molecule has 0 fully saturated rings. The summed E-state index contributed by atoms with van der Waals surface area (Å²) < 4.78 is 15.6. The summed E-state index contributed by atoms with van der Waals surface area (Å²) in [5.41, 5.74) is 0.610. The number of anilines is 1. The van der Waals surface area contributed by atoms with E-state index in [0.29, 0.717) is 22.9 Å². The van der Waals surface area contributed by atoms with Gasteiger partial charge in [0.25, 0.3) is 0 Å². The molecular formula is C13H19NO5. The van der Waals surface area contributed by atoms with Gasteiger partial charge in [-0.25, -0.2) is 0 Å². The Bertz CT molecular complexity index is 422. The number of carboxylic acids is 1.